The Kier molecular flexibility index (Phi) is 4.26. The van der Waals surface area contributed by atoms with Crippen LogP contribution in [0.15, 0.2) is 42.5 Å². The zero-order chi connectivity index (χ0) is 14.6. The van der Waals surface area contributed by atoms with E-state index in [1.807, 2.05) is 38.1 Å². The first kappa shape index (κ1) is 14.4. The van der Waals surface area contributed by atoms with Crippen LogP contribution in [-0.4, -0.2) is 18.7 Å². The molecule has 1 N–H and O–H groups in total. The molecule has 3 heteroatoms. The van der Waals surface area contributed by atoms with E-state index >= 15 is 0 Å². The maximum Gasteiger partial charge on any atom is 0.127 e. The topological polar surface area (TPSA) is 45.0 Å². The average molecular weight is 268 g/mol. The van der Waals surface area contributed by atoms with Crippen molar-refractivity contribution in [3.63, 3.8) is 0 Å². The second-order valence-electron chi connectivity index (χ2n) is 5.30. The second kappa shape index (κ2) is 5.94. The van der Waals surface area contributed by atoms with Crippen LogP contribution in [0.4, 0.5) is 0 Å². The number of nitrogens with one attached hydrogen (secondary N) is 1. The number of nitrogens with zero attached hydrogens (tertiary/aromatic N) is 1. The molecule has 2 rings (SSSR count). The molecule has 0 saturated heterocycles. The quantitative estimate of drug-likeness (QED) is 0.902. The van der Waals surface area contributed by atoms with Crippen molar-refractivity contribution in [2.75, 3.05) is 7.05 Å². The third-order valence-electron chi connectivity index (χ3n) is 3.57. The predicted molar refractivity (Wildman–Crippen MR) is 81.7 cm³/mol. The average Bonchev–Trinajstić information content (AvgIpc) is 2.47. The third-order valence-corrected chi connectivity index (χ3v) is 3.57. The number of hydrogen-bond acceptors (Lipinski definition) is 3. The van der Waals surface area contributed by atoms with Crippen molar-refractivity contribution in [2.45, 2.75) is 31.9 Å². The van der Waals surface area contributed by atoms with E-state index in [4.69, 9.17) is 4.74 Å². The van der Waals surface area contributed by atoms with E-state index in [1.165, 1.54) is 0 Å². The molecule has 0 heterocycles. The maximum atomic E-state index is 9.20. The summed E-state index contributed by atoms with van der Waals surface area (Å²) in [5, 5.41) is 14.5. The molecule has 20 heavy (non-hydrogen) atoms. The summed E-state index contributed by atoms with van der Waals surface area (Å²) in [4.78, 5) is 0. The Bertz CT molecular complexity index is 627. The Morgan fingerprint density at radius 1 is 1.25 bits per heavy atom. The molecule has 0 fully saturated rings. The highest BCUT2D eigenvalue weighted by molar-refractivity contribution is 5.88. The molecule has 2 aromatic rings. The van der Waals surface area contributed by atoms with Gasteiger partial charge in [-0.3, -0.25) is 0 Å². The molecule has 0 spiro atoms. The Labute approximate surface area is 120 Å². The van der Waals surface area contributed by atoms with Gasteiger partial charge in [-0.1, -0.05) is 36.4 Å². The summed E-state index contributed by atoms with van der Waals surface area (Å²) in [5.41, 5.74) is -0.565. The number of benzene rings is 2. The number of hydrogen-bond donors (Lipinski definition) is 1. The van der Waals surface area contributed by atoms with Crippen LogP contribution >= 0.6 is 0 Å². The monoisotopic (exact) mass is 268 g/mol. The predicted octanol–water partition coefficient (Wildman–Crippen LogP) is 3.50. The van der Waals surface area contributed by atoms with Gasteiger partial charge in [0.05, 0.1) is 12.2 Å². The van der Waals surface area contributed by atoms with Crippen LogP contribution in [0.25, 0.3) is 10.8 Å². The van der Waals surface area contributed by atoms with Gasteiger partial charge in [-0.15, -0.1) is 0 Å². The van der Waals surface area contributed by atoms with Gasteiger partial charge in [0, 0.05) is 11.8 Å². The molecule has 2 aromatic carbocycles. The Hall–Kier alpha value is -2.05. The van der Waals surface area contributed by atoms with Crippen LogP contribution in [0.3, 0.4) is 0 Å². The van der Waals surface area contributed by atoms with Crippen LogP contribution in [0, 0.1) is 11.3 Å². The minimum Gasteiger partial charge on any atom is -0.490 e. The summed E-state index contributed by atoms with van der Waals surface area (Å²) >= 11 is 0. The highest BCUT2D eigenvalue weighted by Crippen LogP contribution is 2.27. The van der Waals surface area contributed by atoms with Gasteiger partial charge < -0.3 is 10.1 Å². The molecule has 104 valence electrons. The standard InChI is InChI=1S/C17H20N2O/c1-13(11-17(2,12-18)19-3)20-16-10-6-8-14-7-4-5-9-15(14)16/h4-10,13,19H,11H2,1-3H3. The number of ether oxygens (including phenoxy) is 1. The molecular weight excluding hydrogens is 248 g/mol. The minimum absolute atomic E-state index is 0.0436. The molecule has 2 atom stereocenters. The molecule has 0 amide bonds. The van der Waals surface area contributed by atoms with Crippen LogP contribution in [-0.2, 0) is 0 Å². The van der Waals surface area contributed by atoms with E-state index in [-0.39, 0.29) is 6.10 Å². The zero-order valence-electron chi connectivity index (χ0n) is 12.2. The molecule has 0 aliphatic heterocycles. The molecule has 0 saturated carbocycles. The van der Waals surface area contributed by atoms with Crippen molar-refractivity contribution in [1.29, 1.82) is 5.26 Å². The smallest absolute Gasteiger partial charge is 0.127 e. The lowest BCUT2D eigenvalue weighted by atomic mass is 9.97. The molecule has 0 aliphatic carbocycles. The number of rotatable bonds is 5. The summed E-state index contributed by atoms with van der Waals surface area (Å²) in [6.45, 7) is 3.88. The summed E-state index contributed by atoms with van der Waals surface area (Å²) in [7, 11) is 1.80. The van der Waals surface area contributed by atoms with Gasteiger partial charge in [-0.05, 0) is 32.3 Å². The molecule has 2 unspecified atom stereocenters. The van der Waals surface area contributed by atoms with E-state index < -0.39 is 5.54 Å². The summed E-state index contributed by atoms with van der Waals surface area (Å²) < 4.78 is 6.04. The van der Waals surface area contributed by atoms with Gasteiger partial charge in [0.25, 0.3) is 0 Å². The fraction of sp³-hybridized carbons (Fsp3) is 0.353. The van der Waals surface area contributed by atoms with E-state index in [2.05, 4.69) is 29.6 Å². The summed E-state index contributed by atoms with van der Waals surface area (Å²) in [6, 6.07) is 16.5. The van der Waals surface area contributed by atoms with Crippen molar-refractivity contribution in [3.8, 4) is 11.8 Å². The third kappa shape index (κ3) is 3.09. The fourth-order valence-electron chi connectivity index (χ4n) is 2.34. The van der Waals surface area contributed by atoms with E-state index in [9.17, 15) is 5.26 Å². The summed E-state index contributed by atoms with van der Waals surface area (Å²) in [6.07, 6.45) is 0.585. The van der Waals surface area contributed by atoms with E-state index in [1.54, 1.807) is 7.05 Å². The van der Waals surface area contributed by atoms with Crippen molar-refractivity contribution in [1.82, 2.24) is 5.32 Å². The van der Waals surface area contributed by atoms with Gasteiger partial charge in [0.15, 0.2) is 0 Å². The zero-order valence-corrected chi connectivity index (χ0v) is 12.2. The van der Waals surface area contributed by atoms with Gasteiger partial charge >= 0.3 is 0 Å². The Morgan fingerprint density at radius 3 is 2.65 bits per heavy atom. The first-order valence-corrected chi connectivity index (χ1v) is 6.82. The highest BCUT2D eigenvalue weighted by Gasteiger charge is 2.25. The van der Waals surface area contributed by atoms with Crippen molar-refractivity contribution in [2.24, 2.45) is 0 Å². The number of fused-ring (bicyclic) bond motifs is 1. The van der Waals surface area contributed by atoms with Gasteiger partial charge in [-0.25, -0.2) is 0 Å². The Balaban J connectivity index is 2.19. The van der Waals surface area contributed by atoms with Gasteiger partial charge in [-0.2, -0.15) is 5.26 Å². The van der Waals surface area contributed by atoms with Crippen molar-refractivity contribution in [3.05, 3.63) is 42.5 Å². The molecular formula is C17H20N2O. The molecule has 0 aliphatic rings. The fourth-order valence-corrected chi connectivity index (χ4v) is 2.34. The SMILES string of the molecule is CNC(C)(C#N)CC(C)Oc1cccc2ccccc12. The Morgan fingerprint density at radius 2 is 1.95 bits per heavy atom. The summed E-state index contributed by atoms with van der Waals surface area (Å²) in [5.74, 6) is 0.868. The lowest BCUT2D eigenvalue weighted by Gasteiger charge is -2.25. The molecule has 0 aromatic heterocycles. The van der Waals surface area contributed by atoms with Crippen LogP contribution < -0.4 is 10.1 Å². The second-order valence-corrected chi connectivity index (χ2v) is 5.30. The first-order chi connectivity index (χ1) is 9.58. The van der Waals surface area contributed by atoms with Gasteiger partial charge in [0.2, 0.25) is 0 Å². The normalized spacial score (nSPS) is 15.3. The van der Waals surface area contributed by atoms with Crippen molar-refractivity contribution < 1.29 is 4.74 Å². The molecule has 0 radical (unpaired) electrons. The van der Waals surface area contributed by atoms with E-state index in [0.717, 1.165) is 16.5 Å². The largest absolute Gasteiger partial charge is 0.490 e. The lowest BCUT2D eigenvalue weighted by molar-refractivity contribution is 0.185. The first-order valence-electron chi connectivity index (χ1n) is 6.82. The van der Waals surface area contributed by atoms with Crippen LogP contribution in [0.1, 0.15) is 20.3 Å². The molecule has 3 nitrogen and oxygen atoms in total. The molecule has 0 bridgehead atoms. The maximum absolute atomic E-state index is 9.20. The minimum atomic E-state index is -0.565. The van der Waals surface area contributed by atoms with Gasteiger partial charge in [0.1, 0.15) is 11.3 Å². The van der Waals surface area contributed by atoms with Crippen LogP contribution in [0.5, 0.6) is 5.75 Å². The van der Waals surface area contributed by atoms with Crippen molar-refractivity contribution >= 4 is 10.8 Å². The van der Waals surface area contributed by atoms with E-state index in [0.29, 0.717) is 6.42 Å². The highest BCUT2D eigenvalue weighted by atomic mass is 16.5. The van der Waals surface area contributed by atoms with Crippen LogP contribution in [0.2, 0.25) is 0 Å². The number of nitriles is 1. The lowest BCUT2D eigenvalue weighted by Crippen LogP contribution is -2.41.